The van der Waals surface area contributed by atoms with Crippen LogP contribution < -0.4 is 0 Å². The zero-order valence-electron chi connectivity index (χ0n) is 21.1. The summed E-state index contributed by atoms with van der Waals surface area (Å²) in [5.74, 6) is 0.746. The lowest BCUT2D eigenvalue weighted by Crippen LogP contribution is -2.30. The molecule has 0 saturated heterocycles. The van der Waals surface area contributed by atoms with Crippen LogP contribution in [0.5, 0.6) is 0 Å². The molecular weight excluding hydrogens is 460 g/mol. The van der Waals surface area contributed by atoms with Gasteiger partial charge in [0, 0.05) is 42.8 Å². The number of rotatable bonds is 9. The van der Waals surface area contributed by atoms with Gasteiger partial charge in [-0.1, -0.05) is 66.7 Å². The van der Waals surface area contributed by atoms with Crippen molar-refractivity contribution in [2.24, 2.45) is 0 Å². The number of hydrogen-bond donors (Lipinski definition) is 1. The molecule has 2 aromatic heterocycles. The maximum absolute atomic E-state index is 13.0. The molecule has 0 atom stereocenters. The van der Waals surface area contributed by atoms with Crippen molar-refractivity contribution in [2.75, 3.05) is 13.6 Å². The van der Waals surface area contributed by atoms with E-state index in [0.29, 0.717) is 18.8 Å². The highest BCUT2D eigenvalue weighted by molar-refractivity contribution is 5.95. The van der Waals surface area contributed by atoms with Gasteiger partial charge in [0.2, 0.25) is 5.91 Å². The van der Waals surface area contributed by atoms with Crippen LogP contribution in [-0.2, 0) is 24.2 Å². The van der Waals surface area contributed by atoms with Crippen LogP contribution in [0.25, 0.3) is 22.6 Å². The summed E-state index contributed by atoms with van der Waals surface area (Å²) in [6, 6.07) is 27.0. The highest BCUT2D eigenvalue weighted by Crippen LogP contribution is 2.27. The molecule has 1 amide bonds. The maximum atomic E-state index is 13.0. The Hall–Kier alpha value is -4.52. The molecule has 0 aliphatic rings. The molecular formula is C30H30N6O. The van der Waals surface area contributed by atoms with Crippen molar-refractivity contribution in [2.45, 2.75) is 26.3 Å². The van der Waals surface area contributed by atoms with E-state index < -0.39 is 0 Å². The molecule has 2 heterocycles. The molecule has 0 radical (unpaired) electrons. The predicted octanol–water partition coefficient (Wildman–Crippen LogP) is 5.01. The van der Waals surface area contributed by atoms with Crippen molar-refractivity contribution in [3.8, 4) is 0 Å². The number of amides is 1. The van der Waals surface area contributed by atoms with E-state index in [-0.39, 0.29) is 5.91 Å². The van der Waals surface area contributed by atoms with Gasteiger partial charge in [-0.15, -0.1) is 5.10 Å². The van der Waals surface area contributed by atoms with Crippen LogP contribution in [0.3, 0.4) is 0 Å². The number of likely N-dealkylation sites (N-methyl/N-ethyl adjacent to an activating group) is 1. The van der Waals surface area contributed by atoms with E-state index in [2.05, 4.69) is 92.1 Å². The molecule has 186 valence electrons. The summed E-state index contributed by atoms with van der Waals surface area (Å²) in [6.07, 6.45) is 5.45. The van der Waals surface area contributed by atoms with Crippen molar-refractivity contribution < 1.29 is 4.79 Å². The fraction of sp³-hybridized carbons (Fsp3) is 0.200. The van der Waals surface area contributed by atoms with Crippen molar-refractivity contribution in [3.05, 3.63) is 113 Å². The summed E-state index contributed by atoms with van der Waals surface area (Å²) >= 11 is 0. The Morgan fingerprint density at radius 2 is 1.70 bits per heavy atom. The minimum absolute atomic E-state index is 0.111. The van der Waals surface area contributed by atoms with Crippen LogP contribution in [0.4, 0.5) is 0 Å². The zero-order chi connectivity index (χ0) is 25.6. The number of benzene rings is 3. The molecule has 37 heavy (non-hydrogen) atoms. The zero-order valence-corrected chi connectivity index (χ0v) is 21.1. The highest BCUT2D eigenvalue weighted by Gasteiger charge is 2.14. The fourth-order valence-corrected chi connectivity index (χ4v) is 4.51. The number of tetrazole rings is 1. The minimum Gasteiger partial charge on any atom is -0.345 e. The minimum atomic E-state index is 0.111. The highest BCUT2D eigenvalue weighted by atomic mass is 16.2. The summed E-state index contributed by atoms with van der Waals surface area (Å²) in [4.78, 5) is 14.8. The number of nitrogens with zero attached hydrogens (tertiary/aromatic N) is 5. The maximum Gasteiger partial charge on any atom is 0.226 e. The van der Waals surface area contributed by atoms with Crippen LogP contribution in [-0.4, -0.2) is 49.6 Å². The van der Waals surface area contributed by atoms with E-state index in [9.17, 15) is 4.79 Å². The number of allylic oxidation sites excluding steroid dienone is 1. The largest absolute Gasteiger partial charge is 0.345 e. The van der Waals surface area contributed by atoms with Crippen LogP contribution in [0, 0.1) is 0 Å². The average Bonchev–Trinajstić information content (AvgIpc) is 3.57. The number of hydrogen-bond acceptors (Lipinski definition) is 4. The molecule has 5 rings (SSSR count). The number of carbonyl (C=O) groups is 1. The van der Waals surface area contributed by atoms with E-state index >= 15 is 0 Å². The lowest BCUT2D eigenvalue weighted by Gasteiger charge is -2.17. The van der Waals surface area contributed by atoms with Gasteiger partial charge in [0.1, 0.15) is 0 Å². The van der Waals surface area contributed by atoms with Crippen molar-refractivity contribution in [1.29, 1.82) is 0 Å². The third-order valence-corrected chi connectivity index (χ3v) is 6.62. The number of carbonyl (C=O) groups excluding carboxylic acids is 1. The summed E-state index contributed by atoms with van der Waals surface area (Å²) in [6.45, 7) is 3.43. The van der Waals surface area contributed by atoms with Crippen LogP contribution in [0.15, 0.2) is 85.1 Å². The van der Waals surface area contributed by atoms with Crippen LogP contribution >= 0.6 is 0 Å². The molecule has 5 aromatic rings. The standard InChI is InChI=1S/C30H30N6O/c1-22(30-31-33-34-32-30)17-26-21-36(20-24-11-7-4-8-12-24)28-14-13-25(18-27(26)28)19-29(37)35(2)16-15-23-9-5-3-6-10-23/h3-14,17-18,21H,15-16,19-20H2,1-2H3,(H,31,32,33,34)/b22-17+. The Morgan fingerprint density at radius 1 is 0.973 bits per heavy atom. The van der Waals surface area contributed by atoms with E-state index in [1.807, 2.05) is 43.1 Å². The van der Waals surface area contributed by atoms with Crippen LogP contribution in [0.2, 0.25) is 0 Å². The second-order valence-electron chi connectivity index (χ2n) is 9.35. The number of aromatic nitrogens is 5. The summed E-state index contributed by atoms with van der Waals surface area (Å²) in [5, 5.41) is 15.4. The number of fused-ring (bicyclic) bond motifs is 1. The molecule has 3 aromatic carbocycles. The molecule has 0 unspecified atom stereocenters. The van der Waals surface area contributed by atoms with Gasteiger partial charge in [0.05, 0.1) is 6.42 Å². The Morgan fingerprint density at radius 3 is 2.41 bits per heavy atom. The molecule has 7 heteroatoms. The van der Waals surface area contributed by atoms with E-state index in [1.54, 1.807) is 0 Å². The quantitative estimate of drug-likeness (QED) is 0.315. The number of H-pyrrole nitrogens is 1. The summed E-state index contributed by atoms with van der Waals surface area (Å²) in [5.41, 5.74) is 6.57. The average molecular weight is 491 g/mol. The van der Waals surface area contributed by atoms with E-state index in [4.69, 9.17) is 0 Å². The molecule has 0 spiro atoms. The summed E-state index contributed by atoms with van der Waals surface area (Å²) in [7, 11) is 1.88. The van der Waals surface area contributed by atoms with Gasteiger partial charge < -0.3 is 9.47 Å². The smallest absolute Gasteiger partial charge is 0.226 e. The third kappa shape index (κ3) is 5.83. The first-order valence-corrected chi connectivity index (χ1v) is 12.4. The first-order valence-electron chi connectivity index (χ1n) is 12.4. The first-order chi connectivity index (χ1) is 18.1. The number of aromatic amines is 1. The number of nitrogens with one attached hydrogen (secondary N) is 1. The third-order valence-electron chi connectivity index (χ3n) is 6.62. The Labute approximate surface area is 216 Å². The van der Waals surface area contributed by atoms with Crippen molar-refractivity contribution in [3.63, 3.8) is 0 Å². The normalized spacial score (nSPS) is 11.7. The van der Waals surface area contributed by atoms with Crippen molar-refractivity contribution >= 4 is 28.5 Å². The molecule has 0 bridgehead atoms. The fourth-order valence-electron chi connectivity index (χ4n) is 4.51. The molecule has 7 nitrogen and oxygen atoms in total. The molecule has 0 fully saturated rings. The Bertz CT molecular complexity index is 1500. The van der Waals surface area contributed by atoms with E-state index in [1.165, 1.54) is 11.1 Å². The Kier molecular flexibility index (Phi) is 7.21. The second kappa shape index (κ2) is 11.0. The molecule has 0 saturated carbocycles. The van der Waals surface area contributed by atoms with Gasteiger partial charge in [-0.05, 0) is 64.2 Å². The second-order valence-corrected chi connectivity index (χ2v) is 9.35. The monoisotopic (exact) mass is 490 g/mol. The molecule has 1 N–H and O–H groups in total. The van der Waals surface area contributed by atoms with Gasteiger partial charge in [0.15, 0.2) is 5.82 Å². The van der Waals surface area contributed by atoms with Gasteiger partial charge >= 0.3 is 0 Å². The van der Waals surface area contributed by atoms with Gasteiger partial charge in [-0.3, -0.25) is 4.79 Å². The topological polar surface area (TPSA) is 79.7 Å². The lowest BCUT2D eigenvalue weighted by molar-refractivity contribution is -0.129. The lowest BCUT2D eigenvalue weighted by atomic mass is 10.0. The van der Waals surface area contributed by atoms with Crippen LogP contribution in [0.1, 0.15) is 35.0 Å². The Balaban J connectivity index is 1.41. The van der Waals surface area contributed by atoms with Gasteiger partial charge in [0.25, 0.3) is 0 Å². The SMILES string of the molecule is C/C(=C\c1cn(Cc2ccccc2)c2ccc(CC(=O)N(C)CCc3ccccc3)cc12)c1nnn[nH]1. The summed E-state index contributed by atoms with van der Waals surface area (Å²) < 4.78 is 2.25. The van der Waals surface area contributed by atoms with Crippen molar-refractivity contribution in [1.82, 2.24) is 30.1 Å². The molecule has 0 aliphatic carbocycles. The van der Waals surface area contributed by atoms with E-state index in [0.717, 1.165) is 40.6 Å². The van der Waals surface area contributed by atoms with Gasteiger partial charge in [-0.25, -0.2) is 5.10 Å². The first kappa shape index (κ1) is 24.2. The molecule has 0 aliphatic heterocycles. The predicted molar refractivity (Wildman–Crippen MR) is 147 cm³/mol. The van der Waals surface area contributed by atoms with Gasteiger partial charge in [-0.2, -0.15) is 0 Å².